The lowest BCUT2D eigenvalue weighted by molar-refractivity contribution is 0.882. The van der Waals surface area contributed by atoms with Crippen LogP contribution in [0.2, 0.25) is 0 Å². The zero-order valence-corrected chi connectivity index (χ0v) is 16.4. The van der Waals surface area contributed by atoms with Gasteiger partial charge in [-0.15, -0.1) is 5.73 Å². The molecule has 0 atom stereocenters. The molecule has 0 aliphatic rings. The highest BCUT2D eigenvalue weighted by Crippen LogP contribution is 2.31. The van der Waals surface area contributed by atoms with Crippen LogP contribution in [0, 0.1) is 0 Å². The summed E-state index contributed by atoms with van der Waals surface area (Å²) in [7, 11) is 0. The van der Waals surface area contributed by atoms with E-state index >= 15 is 0 Å². The van der Waals surface area contributed by atoms with Crippen LogP contribution < -0.4 is 0 Å². The molecule has 0 radical (unpaired) electrons. The highest BCUT2D eigenvalue weighted by molar-refractivity contribution is 5.96. The maximum Gasteiger partial charge on any atom is 0.0934 e. The summed E-state index contributed by atoms with van der Waals surface area (Å²) in [4.78, 5) is 0. The molecule has 0 N–H and O–H groups in total. The zero-order valence-electron chi connectivity index (χ0n) is 16.4. The topological polar surface area (TPSA) is 17.8 Å². The number of nitrogens with zero attached hydrogens (tertiary/aromatic N) is 2. The lowest BCUT2D eigenvalue weighted by atomic mass is 10.00. The van der Waals surface area contributed by atoms with E-state index in [-0.39, 0.29) is 0 Å². The van der Waals surface area contributed by atoms with Crippen LogP contribution in [0.25, 0.3) is 28.2 Å². The predicted molar refractivity (Wildman–Crippen MR) is 124 cm³/mol. The Morgan fingerprint density at radius 1 is 0.667 bits per heavy atom. The molecule has 2 nitrogen and oxygen atoms in total. The molecule has 0 unspecified atom stereocenters. The second-order valence-electron chi connectivity index (χ2n) is 7.05. The molecule has 4 aromatic carbocycles. The van der Waals surface area contributed by atoms with E-state index in [2.05, 4.69) is 72.5 Å². The fraction of sp³-hybridized carbons (Fsp3) is 0. The Kier molecular flexibility index (Phi) is 4.83. The van der Waals surface area contributed by atoms with Gasteiger partial charge in [-0.3, -0.25) is 0 Å². The van der Waals surface area contributed by atoms with E-state index in [1.54, 1.807) is 0 Å². The Balaban J connectivity index is 1.83. The van der Waals surface area contributed by atoms with Crippen LogP contribution in [-0.4, -0.2) is 9.78 Å². The van der Waals surface area contributed by atoms with Crippen molar-refractivity contribution in [2.45, 2.75) is 0 Å². The Bertz CT molecular complexity index is 1340. The molecule has 0 saturated heterocycles. The van der Waals surface area contributed by atoms with Crippen molar-refractivity contribution in [3.8, 4) is 5.69 Å². The van der Waals surface area contributed by atoms with Crippen molar-refractivity contribution in [1.29, 1.82) is 0 Å². The van der Waals surface area contributed by atoms with Crippen LogP contribution in [0.15, 0.2) is 121 Å². The normalized spacial score (nSPS) is 10.5. The SMILES string of the molecule is C(=Cc1ccccc1)=C(c1ccccc1)c1c2ccccc2nn1-c1ccccc1. The summed E-state index contributed by atoms with van der Waals surface area (Å²) in [6, 6.07) is 39.2. The van der Waals surface area contributed by atoms with E-state index in [1.165, 1.54) is 0 Å². The van der Waals surface area contributed by atoms with E-state index in [0.29, 0.717) is 0 Å². The minimum atomic E-state index is 0.964. The van der Waals surface area contributed by atoms with Crippen molar-refractivity contribution in [3.05, 3.63) is 138 Å². The van der Waals surface area contributed by atoms with Gasteiger partial charge in [0.15, 0.2) is 0 Å². The van der Waals surface area contributed by atoms with Crippen molar-refractivity contribution < 1.29 is 0 Å². The number of hydrogen-bond donors (Lipinski definition) is 0. The van der Waals surface area contributed by atoms with E-state index in [9.17, 15) is 0 Å². The Labute approximate surface area is 176 Å². The van der Waals surface area contributed by atoms with Gasteiger partial charge < -0.3 is 0 Å². The number of aromatic nitrogens is 2. The fourth-order valence-electron chi connectivity index (χ4n) is 3.63. The second-order valence-corrected chi connectivity index (χ2v) is 7.05. The maximum atomic E-state index is 4.93. The first kappa shape index (κ1) is 17.9. The summed E-state index contributed by atoms with van der Waals surface area (Å²) in [5.74, 6) is 0. The van der Waals surface area contributed by atoms with Gasteiger partial charge in [-0.05, 0) is 35.4 Å². The van der Waals surface area contributed by atoms with Gasteiger partial charge in [0, 0.05) is 5.39 Å². The average Bonchev–Trinajstić information content (AvgIpc) is 3.21. The zero-order chi connectivity index (χ0) is 20.2. The van der Waals surface area contributed by atoms with Gasteiger partial charge in [0.05, 0.1) is 22.5 Å². The third-order valence-corrected chi connectivity index (χ3v) is 5.06. The summed E-state index contributed by atoms with van der Waals surface area (Å²) < 4.78 is 2.03. The van der Waals surface area contributed by atoms with Gasteiger partial charge >= 0.3 is 0 Å². The van der Waals surface area contributed by atoms with Crippen LogP contribution in [-0.2, 0) is 0 Å². The molecule has 0 aliphatic heterocycles. The number of hydrogen-bond acceptors (Lipinski definition) is 1. The van der Waals surface area contributed by atoms with Crippen LogP contribution in [0.5, 0.6) is 0 Å². The van der Waals surface area contributed by atoms with E-state index in [4.69, 9.17) is 5.10 Å². The Morgan fingerprint density at radius 2 is 1.27 bits per heavy atom. The van der Waals surface area contributed by atoms with Crippen molar-refractivity contribution >= 4 is 22.6 Å². The van der Waals surface area contributed by atoms with Crippen LogP contribution >= 0.6 is 0 Å². The summed E-state index contributed by atoms with van der Waals surface area (Å²) in [6.45, 7) is 0. The van der Waals surface area contributed by atoms with Crippen LogP contribution in [0.3, 0.4) is 0 Å². The maximum absolute atomic E-state index is 4.93. The highest BCUT2D eigenvalue weighted by Gasteiger charge is 2.17. The van der Waals surface area contributed by atoms with Gasteiger partial charge in [-0.1, -0.05) is 97.1 Å². The third-order valence-electron chi connectivity index (χ3n) is 5.06. The minimum absolute atomic E-state index is 0.964. The molecule has 0 amide bonds. The number of fused-ring (bicyclic) bond motifs is 1. The van der Waals surface area contributed by atoms with Crippen molar-refractivity contribution in [1.82, 2.24) is 9.78 Å². The molecule has 0 fully saturated rings. The molecule has 142 valence electrons. The molecule has 0 saturated carbocycles. The molecule has 5 aromatic rings. The van der Waals surface area contributed by atoms with Gasteiger partial charge in [0.1, 0.15) is 0 Å². The van der Waals surface area contributed by atoms with E-state index in [1.807, 2.05) is 59.3 Å². The summed E-state index contributed by atoms with van der Waals surface area (Å²) in [5, 5.41) is 6.03. The van der Waals surface area contributed by atoms with Crippen molar-refractivity contribution in [3.63, 3.8) is 0 Å². The Morgan fingerprint density at radius 3 is 2.00 bits per heavy atom. The molecule has 1 aromatic heterocycles. The number of para-hydroxylation sites is 1. The molecule has 30 heavy (non-hydrogen) atoms. The lowest BCUT2D eigenvalue weighted by Gasteiger charge is -2.10. The first-order chi connectivity index (χ1) is 14.9. The van der Waals surface area contributed by atoms with Crippen molar-refractivity contribution in [2.24, 2.45) is 0 Å². The quantitative estimate of drug-likeness (QED) is 0.313. The monoisotopic (exact) mass is 384 g/mol. The first-order valence-electron chi connectivity index (χ1n) is 10.0. The summed E-state index contributed by atoms with van der Waals surface area (Å²) in [6.07, 6.45) is 2.04. The molecular weight excluding hydrogens is 364 g/mol. The molecule has 0 spiro atoms. The largest absolute Gasteiger partial charge is 0.231 e. The fourth-order valence-corrected chi connectivity index (χ4v) is 3.63. The smallest absolute Gasteiger partial charge is 0.0934 e. The first-order valence-corrected chi connectivity index (χ1v) is 10.0. The van der Waals surface area contributed by atoms with E-state index < -0.39 is 0 Å². The van der Waals surface area contributed by atoms with Gasteiger partial charge in [0.2, 0.25) is 0 Å². The van der Waals surface area contributed by atoms with Gasteiger partial charge in [-0.25, -0.2) is 4.68 Å². The van der Waals surface area contributed by atoms with Crippen LogP contribution in [0.1, 0.15) is 16.8 Å². The van der Waals surface area contributed by atoms with Gasteiger partial charge in [-0.2, -0.15) is 5.10 Å². The van der Waals surface area contributed by atoms with E-state index in [0.717, 1.165) is 39.0 Å². The third kappa shape index (κ3) is 3.48. The lowest BCUT2D eigenvalue weighted by Crippen LogP contribution is -2.02. The number of rotatable bonds is 4. The highest BCUT2D eigenvalue weighted by atomic mass is 15.3. The molecule has 1 heterocycles. The standard InChI is InChI=1S/C28H20N2/c1-4-12-22(13-5-1)20-21-25(23-14-6-2-7-15-23)28-26-18-10-11-19-27(26)29-30(28)24-16-8-3-9-17-24/h1-20H. The minimum Gasteiger partial charge on any atom is -0.231 e. The Hall–Kier alpha value is -4.13. The summed E-state index contributed by atoms with van der Waals surface area (Å²) in [5.41, 5.74) is 9.84. The van der Waals surface area contributed by atoms with Crippen LogP contribution in [0.4, 0.5) is 0 Å². The molecule has 2 heteroatoms. The molecular formula is C28H20N2. The number of benzene rings is 4. The van der Waals surface area contributed by atoms with Gasteiger partial charge in [0.25, 0.3) is 0 Å². The molecule has 5 rings (SSSR count). The molecule has 0 aliphatic carbocycles. The van der Waals surface area contributed by atoms with Crippen molar-refractivity contribution in [2.75, 3.05) is 0 Å². The average molecular weight is 384 g/mol. The summed E-state index contributed by atoms with van der Waals surface area (Å²) >= 11 is 0. The second kappa shape index (κ2) is 8.08. The molecule has 0 bridgehead atoms. The predicted octanol–water partition coefficient (Wildman–Crippen LogP) is 6.77.